The third-order valence-electron chi connectivity index (χ3n) is 4.92. The van der Waals surface area contributed by atoms with Gasteiger partial charge in [-0.2, -0.15) is 0 Å². The van der Waals surface area contributed by atoms with Gasteiger partial charge in [-0.25, -0.2) is 9.97 Å². The van der Waals surface area contributed by atoms with Gasteiger partial charge < -0.3 is 9.14 Å². The SMILES string of the molecule is Cc1cccnc1OCC1CCN(Cc2cn3ccccc3n2)CC1. The molecule has 0 bridgehead atoms. The molecule has 0 unspecified atom stereocenters. The van der Waals surface area contributed by atoms with E-state index in [-0.39, 0.29) is 0 Å². The fourth-order valence-electron chi connectivity index (χ4n) is 3.42. The molecule has 0 atom stereocenters. The lowest BCUT2D eigenvalue weighted by Gasteiger charge is -2.31. The Balaban J connectivity index is 1.27. The van der Waals surface area contributed by atoms with Gasteiger partial charge in [0.05, 0.1) is 12.3 Å². The highest BCUT2D eigenvalue weighted by Crippen LogP contribution is 2.21. The van der Waals surface area contributed by atoms with E-state index in [0.29, 0.717) is 5.92 Å². The number of pyridine rings is 2. The van der Waals surface area contributed by atoms with Crippen molar-refractivity contribution in [3.63, 3.8) is 0 Å². The molecule has 4 rings (SSSR count). The van der Waals surface area contributed by atoms with Crippen molar-refractivity contribution in [1.29, 1.82) is 0 Å². The van der Waals surface area contributed by atoms with Crippen LogP contribution in [-0.2, 0) is 6.54 Å². The number of hydrogen-bond donors (Lipinski definition) is 0. The minimum Gasteiger partial charge on any atom is -0.477 e. The van der Waals surface area contributed by atoms with Gasteiger partial charge in [0.2, 0.25) is 5.88 Å². The van der Waals surface area contributed by atoms with E-state index in [0.717, 1.165) is 49.0 Å². The molecule has 5 heteroatoms. The van der Waals surface area contributed by atoms with Crippen LogP contribution in [0.2, 0.25) is 0 Å². The average molecular weight is 336 g/mol. The maximum atomic E-state index is 5.92. The normalized spacial score (nSPS) is 16.4. The monoisotopic (exact) mass is 336 g/mol. The first-order chi connectivity index (χ1) is 12.3. The van der Waals surface area contributed by atoms with Crippen LogP contribution in [0.3, 0.4) is 0 Å². The minimum atomic E-state index is 0.610. The summed E-state index contributed by atoms with van der Waals surface area (Å²) in [4.78, 5) is 11.5. The maximum absolute atomic E-state index is 5.92. The number of nitrogens with zero attached hydrogens (tertiary/aromatic N) is 4. The van der Waals surface area contributed by atoms with E-state index in [9.17, 15) is 0 Å². The van der Waals surface area contributed by atoms with Crippen molar-refractivity contribution in [2.45, 2.75) is 26.3 Å². The molecule has 3 aromatic heterocycles. The second-order valence-electron chi connectivity index (χ2n) is 6.85. The van der Waals surface area contributed by atoms with Crippen molar-refractivity contribution in [3.8, 4) is 5.88 Å². The predicted octanol–water partition coefficient (Wildman–Crippen LogP) is 3.33. The highest BCUT2D eigenvalue weighted by molar-refractivity contribution is 5.39. The van der Waals surface area contributed by atoms with E-state index in [1.54, 1.807) is 6.20 Å². The van der Waals surface area contributed by atoms with Crippen LogP contribution in [-0.4, -0.2) is 39.0 Å². The number of aryl methyl sites for hydroxylation is 1. The first-order valence-electron chi connectivity index (χ1n) is 8.97. The standard InChI is InChI=1S/C20H24N4O/c1-16-5-4-9-21-20(16)25-15-17-7-11-23(12-8-17)13-18-14-24-10-3-2-6-19(24)22-18/h2-6,9-10,14,17H,7-8,11-13,15H2,1H3. The van der Waals surface area contributed by atoms with Crippen molar-refractivity contribution in [1.82, 2.24) is 19.3 Å². The van der Waals surface area contributed by atoms with Crippen molar-refractivity contribution < 1.29 is 4.74 Å². The van der Waals surface area contributed by atoms with Gasteiger partial charge >= 0.3 is 0 Å². The second-order valence-corrected chi connectivity index (χ2v) is 6.85. The second kappa shape index (κ2) is 7.23. The van der Waals surface area contributed by atoms with Crippen LogP contribution in [0.1, 0.15) is 24.1 Å². The summed E-state index contributed by atoms with van der Waals surface area (Å²) in [6, 6.07) is 10.1. The van der Waals surface area contributed by atoms with Crippen LogP contribution in [0, 0.1) is 12.8 Å². The summed E-state index contributed by atoms with van der Waals surface area (Å²) in [7, 11) is 0. The van der Waals surface area contributed by atoms with Crippen molar-refractivity contribution in [2.75, 3.05) is 19.7 Å². The molecule has 0 aromatic carbocycles. The molecule has 4 heterocycles. The molecule has 1 aliphatic heterocycles. The fraction of sp³-hybridized carbons (Fsp3) is 0.400. The number of aromatic nitrogens is 3. The Morgan fingerprint density at radius 1 is 1.16 bits per heavy atom. The Morgan fingerprint density at radius 3 is 2.84 bits per heavy atom. The van der Waals surface area contributed by atoms with Crippen LogP contribution >= 0.6 is 0 Å². The molecule has 0 aliphatic carbocycles. The zero-order chi connectivity index (χ0) is 17.1. The van der Waals surface area contributed by atoms with Crippen molar-refractivity contribution >= 4 is 5.65 Å². The Hall–Kier alpha value is -2.40. The third kappa shape index (κ3) is 3.82. The molecule has 0 amide bonds. The molecule has 0 radical (unpaired) electrons. The number of hydrogen-bond acceptors (Lipinski definition) is 4. The summed E-state index contributed by atoms with van der Waals surface area (Å²) in [6.07, 6.45) is 8.31. The van der Waals surface area contributed by atoms with E-state index < -0.39 is 0 Å². The lowest BCUT2D eigenvalue weighted by atomic mass is 9.98. The largest absolute Gasteiger partial charge is 0.477 e. The third-order valence-corrected chi connectivity index (χ3v) is 4.92. The van der Waals surface area contributed by atoms with Crippen LogP contribution in [0.5, 0.6) is 5.88 Å². The van der Waals surface area contributed by atoms with Crippen molar-refractivity contribution in [3.05, 3.63) is 60.2 Å². The highest BCUT2D eigenvalue weighted by Gasteiger charge is 2.21. The van der Waals surface area contributed by atoms with Crippen LogP contribution in [0.4, 0.5) is 0 Å². The lowest BCUT2D eigenvalue weighted by molar-refractivity contribution is 0.133. The Morgan fingerprint density at radius 2 is 2.04 bits per heavy atom. The van der Waals surface area contributed by atoms with Crippen molar-refractivity contribution in [2.24, 2.45) is 5.92 Å². The lowest BCUT2D eigenvalue weighted by Crippen LogP contribution is -2.35. The van der Waals surface area contributed by atoms with E-state index in [1.165, 1.54) is 12.8 Å². The van der Waals surface area contributed by atoms with Crippen LogP contribution in [0.25, 0.3) is 5.65 Å². The molecular formula is C20H24N4O. The number of imidazole rings is 1. The molecule has 1 aliphatic rings. The average Bonchev–Trinajstić information content (AvgIpc) is 3.04. The van der Waals surface area contributed by atoms with E-state index >= 15 is 0 Å². The number of piperidine rings is 1. The highest BCUT2D eigenvalue weighted by atomic mass is 16.5. The van der Waals surface area contributed by atoms with Gasteiger partial charge in [0.25, 0.3) is 0 Å². The van der Waals surface area contributed by atoms with Gasteiger partial charge in [-0.3, -0.25) is 4.90 Å². The topological polar surface area (TPSA) is 42.7 Å². The number of ether oxygens (including phenoxy) is 1. The molecule has 5 nitrogen and oxygen atoms in total. The number of likely N-dealkylation sites (tertiary alicyclic amines) is 1. The smallest absolute Gasteiger partial charge is 0.216 e. The Kier molecular flexibility index (Phi) is 4.65. The first-order valence-corrected chi connectivity index (χ1v) is 8.97. The molecular weight excluding hydrogens is 312 g/mol. The van der Waals surface area contributed by atoms with Gasteiger partial charge in [-0.15, -0.1) is 0 Å². The predicted molar refractivity (Wildman–Crippen MR) is 97.7 cm³/mol. The summed E-state index contributed by atoms with van der Waals surface area (Å²) >= 11 is 0. The molecule has 0 saturated carbocycles. The summed E-state index contributed by atoms with van der Waals surface area (Å²) in [5.41, 5.74) is 3.27. The molecule has 130 valence electrons. The zero-order valence-electron chi connectivity index (χ0n) is 14.6. The van der Waals surface area contributed by atoms with Gasteiger partial charge in [0.15, 0.2) is 0 Å². The van der Waals surface area contributed by atoms with E-state index in [1.807, 2.05) is 37.3 Å². The van der Waals surface area contributed by atoms with Gasteiger partial charge in [-0.1, -0.05) is 12.1 Å². The van der Waals surface area contributed by atoms with Crippen LogP contribution in [0.15, 0.2) is 48.9 Å². The number of fused-ring (bicyclic) bond motifs is 1. The molecule has 0 spiro atoms. The molecule has 3 aromatic rings. The minimum absolute atomic E-state index is 0.610. The fourth-order valence-corrected chi connectivity index (χ4v) is 3.42. The zero-order valence-corrected chi connectivity index (χ0v) is 14.6. The van der Waals surface area contributed by atoms with Crippen LogP contribution < -0.4 is 4.74 Å². The van der Waals surface area contributed by atoms with Gasteiger partial charge in [0.1, 0.15) is 5.65 Å². The quantitative estimate of drug-likeness (QED) is 0.717. The Bertz CT molecular complexity index is 803. The first kappa shape index (κ1) is 16.1. The summed E-state index contributed by atoms with van der Waals surface area (Å²) in [6.45, 7) is 5.93. The summed E-state index contributed by atoms with van der Waals surface area (Å²) in [5.74, 6) is 1.38. The summed E-state index contributed by atoms with van der Waals surface area (Å²) < 4.78 is 8.01. The van der Waals surface area contributed by atoms with Gasteiger partial charge in [-0.05, 0) is 57.0 Å². The Labute approximate surface area is 148 Å². The molecule has 1 saturated heterocycles. The molecule has 1 fully saturated rings. The molecule has 25 heavy (non-hydrogen) atoms. The number of rotatable bonds is 5. The van der Waals surface area contributed by atoms with Gasteiger partial charge in [0, 0.05) is 30.7 Å². The summed E-state index contributed by atoms with van der Waals surface area (Å²) in [5, 5.41) is 0. The van der Waals surface area contributed by atoms with E-state index in [2.05, 4.69) is 26.7 Å². The maximum Gasteiger partial charge on any atom is 0.216 e. The molecule has 0 N–H and O–H groups in total. The van der Waals surface area contributed by atoms with E-state index in [4.69, 9.17) is 9.72 Å².